The molecule has 5 atom stereocenters. The van der Waals surface area contributed by atoms with E-state index in [0.717, 1.165) is 17.7 Å². The van der Waals surface area contributed by atoms with Gasteiger partial charge < -0.3 is 5.11 Å². The van der Waals surface area contributed by atoms with Crippen LogP contribution < -0.4 is 4.90 Å². The third-order valence-electron chi connectivity index (χ3n) is 4.93. The molecule has 1 saturated heterocycles. The first-order valence-electron chi connectivity index (χ1n) is 6.93. The molecule has 19 heavy (non-hydrogen) atoms. The second-order valence-corrected chi connectivity index (χ2v) is 6.01. The molecule has 2 bridgehead atoms. The van der Waals surface area contributed by atoms with Crippen molar-refractivity contribution in [2.24, 2.45) is 23.7 Å². The Bertz CT molecular complexity index is 580. The van der Waals surface area contributed by atoms with E-state index in [2.05, 4.69) is 12.2 Å². The predicted octanol–water partition coefficient (Wildman–Crippen LogP) is 2.10. The Morgan fingerprint density at radius 2 is 2.05 bits per heavy atom. The van der Waals surface area contributed by atoms with E-state index < -0.39 is 6.23 Å². The number of rotatable bonds is 1. The van der Waals surface area contributed by atoms with Gasteiger partial charge in [0.25, 0.3) is 0 Å². The summed E-state index contributed by atoms with van der Waals surface area (Å²) >= 11 is 0. The fraction of sp³-hybridized carbons (Fsp3) is 0.438. The van der Waals surface area contributed by atoms with Crippen LogP contribution in [0.3, 0.4) is 0 Å². The zero-order valence-electron chi connectivity index (χ0n) is 10.9. The molecule has 1 aromatic rings. The SMILES string of the molecule is Cc1cccc(N2C(=O)[C@H]3[C@H]([C@H]2O)[C@H]2C=C[C@H]3C2)c1. The number of aryl methyl sites for hydroxylation is 1. The van der Waals surface area contributed by atoms with Gasteiger partial charge in [-0.25, -0.2) is 0 Å². The van der Waals surface area contributed by atoms with Crippen LogP contribution in [0.1, 0.15) is 12.0 Å². The number of aliphatic hydroxyl groups excluding tert-OH is 1. The van der Waals surface area contributed by atoms with Gasteiger partial charge in [-0.3, -0.25) is 9.69 Å². The molecule has 4 rings (SSSR count). The van der Waals surface area contributed by atoms with Crippen molar-refractivity contribution in [2.75, 3.05) is 4.90 Å². The Labute approximate surface area is 112 Å². The Hall–Kier alpha value is -1.61. The van der Waals surface area contributed by atoms with Crippen LogP contribution in [0.2, 0.25) is 0 Å². The summed E-state index contributed by atoms with van der Waals surface area (Å²) in [5.74, 6) is 0.893. The number of aliphatic hydroxyl groups is 1. The van der Waals surface area contributed by atoms with Crippen LogP contribution in [0.4, 0.5) is 5.69 Å². The molecule has 0 aromatic heterocycles. The molecule has 1 aliphatic heterocycles. The van der Waals surface area contributed by atoms with Crippen molar-refractivity contribution >= 4 is 11.6 Å². The van der Waals surface area contributed by atoms with Crippen molar-refractivity contribution in [1.82, 2.24) is 0 Å². The molecule has 1 heterocycles. The van der Waals surface area contributed by atoms with Crippen LogP contribution in [0.25, 0.3) is 0 Å². The quantitative estimate of drug-likeness (QED) is 0.781. The number of nitrogens with zero attached hydrogens (tertiary/aromatic N) is 1. The average Bonchev–Trinajstić information content (AvgIpc) is 3.04. The highest BCUT2D eigenvalue weighted by molar-refractivity contribution is 5.99. The topological polar surface area (TPSA) is 40.5 Å². The summed E-state index contributed by atoms with van der Waals surface area (Å²) in [6.07, 6.45) is 4.72. The first-order valence-corrected chi connectivity index (χ1v) is 6.93. The van der Waals surface area contributed by atoms with Crippen molar-refractivity contribution in [1.29, 1.82) is 0 Å². The highest BCUT2D eigenvalue weighted by Gasteiger charge is 2.59. The Balaban J connectivity index is 1.74. The van der Waals surface area contributed by atoms with E-state index in [9.17, 15) is 9.90 Å². The van der Waals surface area contributed by atoms with Gasteiger partial charge in [0.05, 0.1) is 5.92 Å². The fourth-order valence-electron chi connectivity index (χ4n) is 4.14. The maximum absolute atomic E-state index is 12.6. The first kappa shape index (κ1) is 11.2. The van der Waals surface area contributed by atoms with Gasteiger partial charge in [0.2, 0.25) is 5.91 Å². The number of fused-ring (bicyclic) bond motifs is 5. The van der Waals surface area contributed by atoms with Gasteiger partial charge in [0.15, 0.2) is 0 Å². The third kappa shape index (κ3) is 1.39. The monoisotopic (exact) mass is 255 g/mol. The number of anilines is 1. The summed E-state index contributed by atoms with van der Waals surface area (Å²) in [6, 6.07) is 7.82. The van der Waals surface area contributed by atoms with Gasteiger partial charge in [0.1, 0.15) is 6.23 Å². The predicted molar refractivity (Wildman–Crippen MR) is 72.4 cm³/mol. The van der Waals surface area contributed by atoms with E-state index in [-0.39, 0.29) is 17.7 Å². The largest absolute Gasteiger partial charge is 0.373 e. The van der Waals surface area contributed by atoms with Crippen LogP contribution in [-0.4, -0.2) is 17.2 Å². The number of hydrogen-bond acceptors (Lipinski definition) is 2. The smallest absolute Gasteiger partial charge is 0.233 e. The molecule has 1 aromatic carbocycles. The van der Waals surface area contributed by atoms with E-state index >= 15 is 0 Å². The van der Waals surface area contributed by atoms with Gasteiger partial charge in [-0.05, 0) is 42.9 Å². The molecular formula is C16H17NO2. The minimum atomic E-state index is -0.667. The van der Waals surface area contributed by atoms with Crippen molar-refractivity contribution < 1.29 is 9.90 Å². The molecule has 0 spiro atoms. The van der Waals surface area contributed by atoms with E-state index in [0.29, 0.717) is 11.8 Å². The van der Waals surface area contributed by atoms with Crippen molar-refractivity contribution in [3.63, 3.8) is 0 Å². The number of carbonyl (C=O) groups excluding carboxylic acids is 1. The lowest BCUT2D eigenvalue weighted by Gasteiger charge is -2.25. The highest BCUT2D eigenvalue weighted by Crippen LogP contribution is 2.54. The van der Waals surface area contributed by atoms with Crippen molar-refractivity contribution in [2.45, 2.75) is 19.6 Å². The maximum Gasteiger partial charge on any atom is 0.233 e. The molecule has 2 fully saturated rings. The fourth-order valence-corrected chi connectivity index (χ4v) is 4.14. The molecule has 3 aliphatic rings. The Kier molecular flexibility index (Phi) is 2.19. The summed E-state index contributed by atoms with van der Waals surface area (Å²) in [4.78, 5) is 14.2. The maximum atomic E-state index is 12.6. The second-order valence-electron chi connectivity index (χ2n) is 6.01. The molecule has 2 aliphatic carbocycles. The summed E-state index contributed by atoms with van der Waals surface area (Å²) in [7, 11) is 0. The third-order valence-corrected chi connectivity index (χ3v) is 4.93. The van der Waals surface area contributed by atoms with Crippen molar-refractivity contribution in [3.05, 3.63) is 42.0 Å². The number of amides is 1. The highest BCUT2D eigenvalue weighted by atomic mass is 16.3. The number of hydrogen-bond donors (Lipinski definition) is 1. The molecule has 98 valence electrons. The summed E-state index contributed by atoms with van der Waals surface area (Å²) in [5, 5.41) is 10.6. The zero-order chi connectivity index (χ0) is 13.1. The van der Waals surface area contributed by atoms with Crippen LogP contribution in [-0.2, 0) is 4.79 Å². The minimum Gasteiger partial charge on any atom is -0.373 e. The lowest BCUT2D eigenvalue weighted by atomic mass is 9.85. The van der Waals surface area contributed by atoms with Crippen LogP contribution in [0.15, 0.2) is 36.4 Å². The number of benzene rings is 1. The standard InChI is InChI=1S/C16H17NO2/c1-9-3-2-4-12(7-9)17-15(18)13-10-5-6-11(8-10)14(13)16(17)19/h2-7,10-11,13-15,18H,8H2,1H3/t10-,11-,13+,14+,15+/m0/s1. The van der Waals surface area contributed by atoms with E-state index in [1.165, 1.54) is 0 Å². The Morgan fingerprint density at radius 3 is 2.79 bits per heavy atom. The van der Waals surface area contributed by atoms with Gasteiger partial charge in [-0.2, -0.15) is 0 Å². The van der Waals surface area contributed by atoms with Crippen LogP contribution >= 0.6 is 0 Å². The second kappa shape index (κ2) is 3.70. The molecule has 1 saturated carbocycles. The summed E-state index contributed by atoms with van der Waals surface area (Å²) in [6.45, 7) is 2.00. The molecule has 3 nitrogen and oxygen atoms in total. The minimum absolute atomic E-state index is 0.00878. The Morgan fingerprint density at radius 1 is 1.26 bits per heavy atom. The lowest BCUT2D eigenvalue weighted by Crippen LogP contribution is -2.36. The summed E-state index contributed by atoms with van der Waals surface area (Å²) in [5.41, 5.74) is 1.93. The average molecular weight is 255 g/mol. The molecule has 0 unspecified atom stereocenters. The lowest BCUT2D eigenvalue weighted by molar-refractivity contribution is -0.121. The van der Waals surface area contributed by atoms with Crippen LogP contribution in [0.5, 0.6) is 0 Å². The molecule has 3 heteroatoms. The van der Waals surface area contributed by atoms with Crippen LogP contribution in [0, 0.1) is 30.6 Å². The molecule has 1 amide bonds. The zero-order valence-corrected chi connectivity index (χ0v) is 10.9. The summed E-state index contributed by atoms with van der Waals surface area (Å²) < 4.78 is 0. The number of carbonyl (C=O) groups is 1. The van der Waals surface area contributed by atoms with Gasteiger partial charge >= 0.3 is 0 Å². The first-order chi connectivity index (χ1) is 9.16. The van der Waals surface area contributed by atoms with E-state index in [1.54, 1.807) is 4.90 Å². The van der Waals surface area contributed by atoms with Crippen molar-refractivity contribution in [3.8, 4) is 0 Å². The molecule has 0 radical (unpaired) electrons. The van der Waals surface area contributed by atoms with Gasteiger partial charge in [-0.1, -0.05) is 24.3 Å². The number of allylic oxidation sites excluding steroid dienone is 2. The van der Waals surface area contributed by atoms with E-state index in [1.807, 2.05) is 31.2 Å². The molecule has 1 N–H and O–H groups in total. The van der Waals surface area contributed by atoms with Gasteiger partial charge in [-0.15, -0.1) is 0 Å². The van der Waals surface area contributed by atoms with Gasteiger partial charge in [0, 0.05) is 11.6 Å². The molecular weight excluding hydrogens is 238 g/mol. The normalized spacial score (nSPS) is 39.2. The van der Waals surface area contributed by atoms with E-state index in [4.69, 9.17) is 0 Å².